The first-order chi connectivity index (χ1) is 10.0. The fourth-order valence-electron chi connectivity index (χ4n) is 2.41. The van der Waals surface area contributed by atoms with Gasteiger partial charge in [-0.1, -0.05) is 0 Å². The van der Waals surface area contributed by atoms with Gasteiger partial charge in [0.25, 0.3) is 0 Å². The lowest BCUT2D eigenvalue weighted by Gasteiger charge is -2.34. The van der Waals surface area contributed by atoms with Gasteiger partial charge in [0.05, 0.1) is 31.6 Å². The Bertz CT molecular complexity index is 465. The Hall–Kier alpha value is -1.86. The third-order valence-corrected chi connectivity index (χ3v) is 3.12. The van der Waals surface area contributed by atoms with Crippen LogP contribution < -0.4 is 10.6 Å². The quantitative estimate of drug-likeness (QED) is 0.855. The van der Waals surface area contributed by atoms with E-state index in [-0.39, 0.29) is 31.2 Å². The minimum Gasteiger partial charge on any atom is -0.467 e. The predicted molar refractivity (Wildman–Crippen MR) is 75.5 cm³/mol. The molecule has 2 rings (SSSR count). The summed E-state index contributed by atoms with van der Waals surface area (Å²) in [5.41, 5.74) is 0. The maximum absolute atomic E-state index is 11.8. The number of morpholine rings is 1. The molecule has 1 aliphatic rings. The van der Waals surface area contributed by atoms with Gasteiger partial charge in [-0.15, -0.1) is 0 Å². The molecule has 116 valence electrons. The number of carbonyl (C=O) groups excluding carboxylic acids is 2. The summed E-state index contributed by atoms with van der Waals surface area (Å²) in [6.45, 7) is 5.74. The first kappa shape index (κ1) is 15.5. The number of hydrogen-bond donors (Lipinski definition) is 2. The zero-order chi connectivity index (χ0) is 15.2. The van der Waals surface area contributed by atoms with Crippen molar-refractivity contribution in [3.05, 3.63) is 24.2 Å². The van der Waals surface area contributed by atoms with E-state index in [1.165, 1.54) is 6.26 Å². The average molecular weight is 295 g/mol. The van der Waals surface area contributed by atoms with Gasteiger partial charge in [0.1, 0.15) is 5.76 Å². The van der Waals surface area contributed by atoms with Gasteiger partial charge in [-0.25, -0.2) is 4.79 Å². The third-order valence-electron chi connectivity index (χ3n) is 3.12. The topological polar surface area (TPSA) is 83.8 Å². The van der Waals surface area contributed by atoms with E-state index in [1.54, 1.807) is 12.1 Å². The summed E-state index contributed by atoms with van der Waals surface area (Å²) in [6, 6.07) is 2.96. The van der Waals surface area contributed by atoms with Crippen LogP contribution >= 0.6 is 0 Å². The van der Waals surface area contributed by atoms with Gasteiger partial charge in [-0.2, -0.15) is 0 Å². The molecule has 1 saturated heterocycles. The molecule has 3 amide bonds. The van der Waals surface area contributed by atoms with E-state index in [1.807, 2.05) is 18.7 Å². The average Bonchev–Trinajstić information content (AvgIpc) is 2.87. The van der Waals surface area contributed by atoms with Crippen LogP contribution in [0, 0.1) is 0 Å². The molecule has 1 aliphatic heterocycles. The minimum atomic E-state index is -0.522. The Kier molecular flexibility index (Phi) is 5.35. The highest BCUT2D eigenvalue weighted by Gasteiger charge is 2.24. The van der Waals surface area contributed by atoms with Gasteiger partial charge in [-0.05, 0) is 26.0 Å². The number of carbonyl (C=O) groups is 2. The van der Waals surface area contributed by atoms with E-state index in [0.29, 0.717) is 18.8 Å². The summed E-state index contributed by atoms with van der Waals surface area (Å²) in [4.78, 5) is 25.4. The van der Waals surface area contributed by atoms with Gasteiger partial charge in [0.15, 0.2) is 0 Å². The van der Waals surface area contributed by atoms with E-state index < -0.39 is 6.03 Å². The predicted octanol–water partition coefficient (Wildman–Crippen LogP) is 0.715. The van der Waals surface area contributed by atoms with Gasteiger partial charge >= 0.3 is 6.03 Å². The van der Waals surface area contributed by atoms with Crippen LogP contribution in [0.4, 0.5) is 4.79 Å². The molecular weight excluding hydrogens is 274 g/mol. The maximum atomic E-state index is 11.8. The Balaban J connectivity index is 1.69. The van der Waals surface area contributed by atoms with Crippen molar-refractivity contribution >= 4 is 11.9 Å². The number of rotatable bonds is 4. The molecule has 7 heteroatoms. The largest absolute Gasteiger partial charge is 0.467 e. The van der Waals surface area contributed by atoms with Crippen molar-refractivity contribution in [1.82, 2.24) is 15.5 Å². The second kappa shape index (κ2) is 7.24. The van der Waals surface area contributed by atoms with Crippen molar-refractivity contribution in [2.75, 3.05) is 19.6 Å². The summed E-state index contributed by atoms with van der Waals surface area (Å²) in [5, 5.41) is 4.87. The van der Waals surface area contributed by atoms with Gasteiger partial charge < -0.3 is 14.5 Å². The molecule has 0 aromatic carbocycles. The van der Waals surface area contributed by atoms with E-state index in [2.05, 4.69) is 10.6 Å². The Morgan fingerprint density at radius 2 is 2.05 bits per heavy atom. The number of furan rings is 1. The molecule has 0 bridgehead atoms. The van der Waals surface area contributed by atoms with Crippen LogP contribution in [0.15, 0.2) is 22.8 Å². The number of ether oxygens (including phenoxy) is 1. The van der Waals surface area contributed by atoms with Crippen LogP contribution in [0.5, 0.6) is 0 Å². The summed E-state index contributed by atoms with van der Waals surface area (Å²) in [6.07, 6.45) is 1.71. The van der Waals surface area contributed by atoms with E-state index >= 15 is 0 Å². The number of imide groups is 1. The lowest BCUT2D eigenvalue weighted by atomic mass is 10.2. The molecule has 1 fully saturated rings. The molecule has 21 heavy (non-hydrogen) atoms. The van der Waals surface area contributed by atoms with Gasteiger partial charge in [-0.3, -0.25) is 15.0 Å². The fraction of sp³-hybridized carbons (Fsp3) is 0.571. The molecule has 7 nitrogen and oxygen atoms in total. The van der Waals surface area contributed by atoms with Crippen molar-refractivity contribution in [2.24, 2.45) is 0 Å². The molecule has 2 unspecified atom stereocenters. The monoisotopic (exact) mass is 295 g/mol. The third kappa shape index (κ3) is 5.20. The van der Waals surface area contributed by atoms with Crippen LogP contribution in [0.1, 0.15) is 19.6 Å². The van der Waals surface area contributed by atoms with Crippen LogP contribution in [0.2, 0.25) is 0 Å². The Morgan fingerprint density at radius 1 is 1.33 bits per heavy atom. The Labute approximate surface area is 123 Å². The zero-order valence-corrected chi connectivity index (χ0v) is 12.3. The highest BCUT2D eigenvalue weighted by Crippen LogP contribution is 2.09. The molecule has 2 heterocycles. The van der Waals surface area contributed by atoms with Crippen molar-refractivity contribution in [1.29, 1.82) is 0 Å². The SMILES string of the molecule is CC1CN(CC(=O)NC(=O)NCc2ccco2)CC(C)O1. The Morgan fingerprint density at radius 3 is 2.67 bits per heavy atom. The highest BCUT2D eigenvalue weighted by molar-refractivity contribution is 5.95. The molecule has 1 aromatic heterocycles. The standard InChI is InChI=1S/C14H21N3O4/c1-10-7-17(8-11(2)21-10)9-13(18)16-14(19)15-6-12-4-3-5-20-12/h3-5,10-11H,6-9H2,1-2H3,(H2,15,16,18,19). The number of nitrogens with zero attached hydrogens (tertiary/aromatic N) is 1. The van der Waals surface area contributed by atoms with E-state index in [9.17, 15) is 9.59 Å². The van der Waals surface area contributed by atoms with Crippen molar-refractivity contribution in [3.8, 4) is 0 Å². The molecule has 2 atom stereocenters. The second-order valence-electron chi connectivity index (χ2n) is 5.26. The molecular formula is C14H21N3O4. The molecule has 1 aromatic rings. The molecule has 0 spiro atoms. The number of amides is 3. The summed E-state index contributed by atoms with van der Waals surface area (Å²) in [5.74, 6) is 0.307. The van der Waals surface area contributed by atoms with Crippen LogP contribution in [-0.2, 0) is 16.1 Å². The van der Waals surface area contributed by atoms with Crippen LogP contribution in [0.3, 0.4) is 0 Å². The first-order valence-corrected chi connectivity index (χ1v) is 7.01. The van der Waals surface area contributed by atoms with Crippen molar-refractivity contribution in [2.45, 2.75) is 32.6 Å². The summed E-state index contributed by atoms with van der Waals surface area (Å²) < 4.78 is 10.7. The minimum absolute atomic E-state index is 0.0920. The van der Waals surface area contributed by atoms with Crippen LogP contribution in [0.25, 0.3) is 0 Å². The normalized spacial score (nSPS) is 22.8. The summed E-state index contributed by atoms with van der Waals surface area (Å²) >= 11 is 0. The molecule has 0 aliphatic carbocycles. The zero-order valence-electron chi connectivity index (χ0n) is 12.3. The molecule has 0 saturated carbocycles. The second-order valence-corrected chi connectivity index (χ2v) is 5.26. The molecule has 2 N–H and O–H groups in total. The van der Waals surface area contributed by atoms with Gasteiger partial charge in [0, 0.05) is 13.1 Å². The lowest BCUT2D eigenvalue weighted by molar-refractivity contribution is -0.124. The lowest BCUT2D eigenvalue weighted by Crippen LogP contribution is -2.50. The maximum Gasteiger partial charge on any atom is 0.321 e. The fourth-order valence-corrected chi connectivity index (χ4v) is 2.41. The number of nitrogens with one attached hydrogen (secondary N) is 2. The highest BCUT2D eigenvalue weighted by atomic mass is 16.5. The summed E-state index contributed by atoms with van der Waals surface area (Å²) in [7, 11) is 0. The number of urea groups is 1. The van der Waals surface area contributed by atoms with Crippen molar-refractivity contribution < 1.29 is 18.7 Å². The smallest absolute Gasteiger partial charge is 0.321 e. The number of hydrogen-bond acceptors (Lipinski definition) is 5. The van der Waals surface area contributed by atoms with Crippen LogP contribution in [-0.4, -0.2) is 48.7 Å². The van der Waals surface area contributed by atoms with Crippen molar-refractivity contribution in [3.63, 3.8) is 0 Å². The van der Waals surface area contributed by atoms with E-state index in [0.717, 1.165) is 0 Å². The molecule has 0 radical (unpaired) electrons. The van der Waals surface area contributed by atoms with E-state index in [4.69, 9.17) is 9.15 Å². The van der Waals surface area contributed by atoms with Gasteiger partial charge in [0.2, 0.25) is 5.91 Å². The first-order valence-electron chi connectivity index (χ1n) is 7.01.